The van der Waals surface area contributed by atoms with Crippen LogP contribution < -0.4 is 5.73 Å². The van der Waals surface area contributed by atoms with Crippen molar-refractivity contribution in [1.29, 1.82) is 0 Å². The summed E-state index contributed by atoms with van der Waals surface area (Å²) in [5.74, 6) is 0.862. The zero-order valence-corrected chi connectivity index (χ0v) is 10.2. The van der Waals surface area contributed by atoms with E-state index in [2.05, 4.69) is 10.1 Å². The molecule has 1 heterocycles. The Morgan fingerprint density at radius 2 is 2.19 bits per heavy atom. The molecule has 16 heavy (non-hydrogen) atoms. The molecular weight excluding hydrogens is 210 g/mol. The van der Waals surface area contributed by atoms with E-state index in [-0.39, 0.29) is 0 Å². The van der Waals surface area contributed by atoms with Crippen molar-refractivity contribution in [2.45, 2.75) is 32.4 Å². The van der Waals surface area contributed by atoms with Crippen LogP contribution in [-0.4, -0.2) is 30.5 Å². The molecule has 2 N–H and O–H groups in total. The van der Waals surface area contributed by atoms with Crippen molar-refractivity contribution >= 4 is 0 Å². The summed E-state index contributed by atoms with van der Waals surface area (Å²) < 4.78 is 15.5. The number of nitrogens with two attached hydrogens (primary N) is 1. The van der Waals surface area contributed by atoms with Gasteiger partial charge in [-0.1, -0.05) is 5.16 Å². The van der Waals surface area contributed by atoms with Gasteiger partial charge in [-0.25, -0.2) is 0 Å². The van der Waals surface area contributed by atoms with Crippen LogP contribution in [0.15, 0.2) is 4.52 Å². The predicted octanol–water partition coefficient (Wildman–Crippen LogP) is 0.987. The molecule has 0 fully saturated rings. The molecular formula is C10H19N3O3. The summed E-state index contributed by atoms with van der Waals surface area (Å²) in [6.07, 6.45) is 0. The van der Waals surface area contributed by atoms with Crippen molar-refractivity contribution < 1.29 is 14.0 Å². The molecule has 0 saturated carbocycles. The first kappa shape index (κ1) is 13.1. The fourth-order valence-corrected chi connectivity index (χ4v) is 1.31. The van der Waals surface area contributed by atoms with Gasteiger partial charge in [-0.05, 0) is 20.8 Å². The van der Waals surface area contributed by atoms with Crippen LogP contribution in [0, 0.1) is 0 Å². The minimum atomic E-state index is -0.566. The Hall–Kier alpha value is -0.980. The number of ether oxygens (including phenoxy) is 2. The predicted molar refractivity (Wildman–Crippen MR) is 57.8 cm³/mol. The van der Waals surface area contributed by atoms with E-state index in [0.717, 1.165) is 0 Å². The van der Waals surface area contributed by atoms with Gasteiger partial charge >= 0.3 is 0 Å². The molecule has 6 nitrogen and oxygen atoms in total. The molecule has 1 aromatic rings. The van der Waals surface area contributed by atoms with Gasteiger partial charge in [-0.3, -0.25) is 0 Å². The number of rotatable bonds is 6. The number of methoxy groups -OCH3 is 1. The standard InChI is InChI=1S/C10H19N3O3/c1-5-15-10(2,3)9-12-8(16-13-9)7(11)6-14-4/h7H,5-6,11H2,1-4H3. The van der Waals surface area contributed by atoms with E-state index in [1.54, 1.807) is 7.11 Å². The SMILES string of the molecule is CCOC(C)(C)c1noc(C(N)COC)n1. The molecule has 0 aliphatic rings. The van der Waals surface area contributed by atoms with Crippen LogP contribution in [0.4, 0.5) is 0 Å². The summed E-state index contributed by atoms with van der Waals surface area (Å²) >= 11 is 0. The summed E-state index contributed by atoms with van der Waals surface area (Å²) in [7, 11) is 1.57. The highest BCUT2D eigenvalue weighted by Gasteiger charge is 2.28. The van der Waals surface area contributed by atoms with Crippen LogP contribution in [0.1, 0.15) is 38.5 Å². The van der Waals surface area contributed by atoms with Crippen LogP contribution >= 0.6 is 0 Å². The molecule has 1 aromatic heterocycles. The average molecular weight is 229 g/mol. The fraction of sp³-hybridized carbons (Fsp3) is 0.800. The van der Waals surface area contributed by atoms with E-state index in [4.69, 9.17) is 19.7 Å². The maximum absolute atomic E-state index is 5.77. The zero-order chi connectivity index (χ0) is 12.2. The quantitative estimate of drug-likeness (QED) is 0.783. The van der Waals surface area contributed by atoms with E-state index < -0.39 is 11.6 Å². The lowest BCUT2D eigenvalue weighted by molar-refractivity contribution is -0.0221. The second-order valence-electron chi connectivity index (χ2n) is 3.96. The van der Waals surface area contributed by atoms with Crippen molar-refractivity contribution in [3.05, 3.63) is 11.7 Å². The molecule has 0 aliphatic heterocycles. The Kier molecular flexibility index (Phi) is 4.40. The average Bonchev–Trinajstić information content (AvgIpc) is 2.67. The first-order valence-corrected chi connectivity index (χ1v) is 5.23. The third-order valence-corrected chi connectivity index (χ3v) is 2.15. The maximum Gasteiger partial charge on any atom is 0.246 e. The highest BCUT2D eigenvalue weighted by molar-refractivity contribution is 4.99. The Morgan fingerprint density at radius 1 is 1.50 bits per heavy atom. The van der Waals surface area contributed by atoms with Crippen molar-refractivity contribution in [2.24, 2.45) is 5.73 Å². The third-order valence-electron chi connectivity index (χ3n) is 2.15. The molecule has 0 saturated heterocycles. The van der Waals surface area contributed by atoms with E-state index in [1.165, 1.54) is 0 Å². The summed E-state index contributed by atoms with van der Waals surface area (Å²) in [5, 5.41) is 3.86. The molecule has 0 aromatic carbocycles. The molecule has 1 rings (SSSR count). The molecule has 0 spiro atoms. The van der Waals surface area contributed by atoms with Crippen LogP contribution in [0.3, 0.4) is 0 Å². The summed E-state index contributed by atoms with van der Waals surface area (Å²) in [6, 6.07) is -0.399. The van der Waals surface area contributed by atoms with Crippen LogP contribution in [0.5, 0.6) is 0 Å². The summed E-state index contributed by atoms with van der Waals surface area (Å²) in [6.45, 7) is 6.61. The maximum atomic E-state index is 5.77. The van der Waals surface area contributed by atoms with Gasteiger partial charge in [0, 0.05) is 13.7 Å². The van der Waals surface area contributed by atoms with Crippen LogP contribution in [0.2, 0.25) is 0 Å². The Morgan fingerprint density at radius 3 is 2.75 bits per heavy atom. The number of nitrogens with zero attached hydrogens (tertiary/aromatic N) is 2. The van der Waals surface area contributed by atoms with Gasteiger partial charge in [0.1, 0.15) is 11.6 Å². The number of hydrogen-bond donors (Lipinski definition) is 1. The van der Waals surface area contributed by atoms with Crippen LogP contribution in [-0.2, 0) is 15.1 Å². The lowest BCUT2D eigenvalue weighted by atomic mass is 10.1. The first-order valence-electron chi connectivity index (χ1n) is 5.23. The van der Waals surface area contributed by atoms with Gasteiger partial charge < -0.3 is 19.7 Å². The van der Waals surface area contributed by atoms with E-state index in [1.807, 2.05) is 20.8 Å². The Balaban J connectivity index is 2.78. The Bertz CT molecular complexity index is 325. The highest BCUT2D eigenvalue weighted by atomic mass is 16.5. The van der Waals surface area contributed by atoms with Crippen LogP contribution in [0.25, 0.3) is 0 Å². The highest BCUT2D eigenvalue weighted by Crippen LogP contribution is 2.22. The van der Waals surface area contributed by atoms with Gasteiger partial charge in [0.2, 0.25) is 11.7 Å². The van der Waals surface area contributed by atoms with Gasteiger partial charge in [0.25, 0.3) is 0 Å². The lowest BCUT2D eigenvalue weighted by Crippen LogP contribution is -2.24. The van der Waals surface area contributed by atoms with Gasteiger partial charge in [0.15, 0.2) is 0 Å². The topological polar surface area (TPSA) is 83.4 Å². The molecule has 0 bridgehead atoms. The molecule has 6 heteroatoms. The van der Waals surface area contributed by atoms with Crippen molar-refractivity contribution in [2.75, 3.05) is 20.3 Å². The molecule has 1 atom stereocenters. The van der Waals surface area contributed by atoms with Gasteiger partial charge in [-0.2, -0.15) is 4.98 Å². The number of hydrogen-bond acceptors (Lipinski definition) is 6. The number of aromatic nitrogens is 2. The first-order chi connectivity index (χ1) is 7.51. The smallest absolute Gasteiger partial charge is 0.246 e. The van der Waals surface area contributed by atoms with Gasteiger partial charge in [-0.15, -0.1) is 0 Å². The molecule has 0 amide bonds. The molecule has 0 aliphatic carbocycles. The molecule has 0 radical (unpaired) electrons. The van der Waals surface area contributed by atoms with Crippen molar-refractivity contribution in [3.63, 3.8) is 0 Å². The monoisotopic (exact) mass is 229 g/mol. The summed E-state index contributed by atoms with van der Waals surface area (Å²) in [5.41, 5.74) is 5.21. The minimum Gasteiger partial charge on any atom is -0.383 e. The van der Waals surface area contributed by atoms with Crippen molar-refractivity contribution in [3.8, 4) is 0 Å². The van der Waals surface area contributed by atoms with Gasteiger partial charge in [0.05, 0.1) is 6.61 Å². The molecule has 92 valence electrons. The lowest BCUT2D eigenvalue weighted by Gasteiger charge is -2.19. The van der Waals surface area contributed by atoms with E-state index in [9.17, 15) is 0 Å². The second-order valence-corrected chi connectivity index (χ2v) is 3.96. The molecule has 1 unspecified atom stereocenters. The summed E-state index contributed by atoms with van der Waals surface area (Å²) in [4.78, 5) is 4.21. The third kappa shape index (κ3) is 3.01. The minimum absolute atomic E-state index is 0.344. The second kappa shape index (κ2) is 5.38. The van der Waals surface area contributed by atoms with Crippen molar-refractivity contribution in [1.82, 2.24) is 10.1 Å². The largest absolute Gasteiger partial charge is 0.383 e. The fourth-order valence-electron chi connectivity index (χ4n) is 1.31. The van der Waals surface area contributed by atoms with E-state index >= 15 is 0 Å². The van der Waals surface area contributed by atoms with E-state index in [0.29, 0.717) is 24.9 Å². The zero-order valence-electron chi connectivity index (χ0n) is 10.2. The normalized spacial score (nSPS) is 14.1. The Labute approximate surface area is 95.1 Å².